The molecule has 4 rings (SSSR count). The van der Waals surface area contributed by atoms with Crippen LogP contribution >= 0.6 is 0 Å². The summed E-state index contributed by atoms with van der Waals surface area (Å²) in [6.45, 7) is 6.33. The number of hydrogen-bond acceptors (Lipinski definition) is 6. The highest BCUT2D eigenvalue weighted by Crippen LogP contribution is 2.34. The molecule has 0 saturated carbocycles. The Morgan fingerprint density at radius 1 is 1.12 bits per heavy atom. The van der Waals surface area contributed by atoms with Crippen LogP contribution in [-0.2, 0) is 11.3 Å². The van der Waals surface area contributed by atoms with Crippen molar-refractivity contribution in [1.29, 1.82) is 0 Å². The number of aromatic nitrogens is 2. The molecule has 0 radical (unpaired) electrons. The van der Waals surface area contributed by atoms with Crippen molar-refractivity contribution in [3.05, 3.63) is 71.2 Å². The van der Waals surface area contributed by atoms with Crippen molar-refractivity contribution >= 4 is 35.0 Å². The second-order valence-corrected chi connectivity index (χ2v) is 8.63. The van der Waals surface area contributed by atoms with Crippen LogP contribution in [0.3, 0.4) is 0 Å². The normalized spacial score (nSPS) is 15.1. The number of benzene rings is 2. The zero-order valence-corrected chi connectivity index (χ0v) is 19.5. The number of carbonyl (C=O) groups is 2. The molecule has 9 heteroatoms. The van der Waals surface area contributed by atoms with Gasteiger partial charge < -0.3 is 20.9 Å². The molecule has 1 aromatic heterocycles. The van der Waals surface area contributed by atoms with Crippen molar-refractivity contribution in [3.8, 4) is 0 Å². The van der Waals surface area contributed by atoms with Gasteiger partial charge in [-0.2, -0.15) is 4.98 Å². The average Bonchev–Trinajstić information content (AvgIpc) is 2.79. The van der Waals surface area contributed by atoms with Crippen molar-refractivity contribution < 1.29 is 14.0 Å². The van der Waals surface area contributed by atoms with Gasteiger partial charge in [-0.15, -0.1) is 0 Å². The Hall–Kier alpha value is -4.01. The number of amides is 2. The van der Waals surface area contributed by atoms with Crippen molar-refractivity contribution in [1.82, 2.24) is 9.97 Å². The van der Waals surface area contributed by atoms with Crippen LogP contribution in [0.1, 0.15) is 35.5 Å². The van der Waals surface area contributed by atoms with Gasteiger partial charge in [-0.3, -0.25) is 9.59 Å². The molecule has 1 aliphatic rings. The lowest BCUT2D eigenvalue weighted by Gasteiger charge is -2.36. The Morgan fingerprint density at radius 3 is 2.44 bits per heavy atom. The molecule has 8 nitrogen and oxygen atoms in total. The minimum absolute atomic E-state index is 0.0518. The van der Waals surface area contributed by atoms with Gasteiger partial charge in [-0.05, 0) is 54.8 Å². The van der Waals surface area contributed by atoms with E-state index in [0.29, 0.717) is 40.9 Å². The standard InChI is InChI=1S/C25H27FN6O2/c1-14(2)21-24(34)30-20-15(3)28-25(31-22(20)32(21)4)27-13-16-5-11-19(12-6-16)29-23(33)17-7-9-18(26)10-8-17/h5-12,14,21H,13H2,1-4H3,(H,29,33)(H,30,34)(H,27,28,31). The lowest BCUT2D eigenvalue weighted by Crippen LogP contribution is -2.49. The van der Waals surface area contributed by atoms with E-state index < -0.39 is 0 Å². The first-order valence-electron chi connectivity index (χ1n) is 11.0. The Bertz CT molecular complexity index is 1210. The van der Waals surface area contributed by atoms with Crippen molar-refractivity contribution in [2.45, 2.75) is 33.4 Å². The van der Waals surface area contributed by atoms with Crippen LogP contribution in [0.2, 0.25) is 0 Å². The Labute approximate surface area is 197 Å². The molecule has 0 spiro atoms. The highest BCUT2D eigenvalue weighted by molar-refractivity contribution is 6.04. The third kappa shape index (κ3) is 4.83. The number of aryl methyl sites for hydroxylation is 1. The summed E-state index contributed by atoms with van der Waals surface area (Å²) in [6.07, 6.45) is 0. The van der Waals surface area contributed by atoms with Crippen molar-refractivity contribution in [2.24, 2.45) is 5.92 Å². The molecular formula is C25H27FN6O2. The number of nitrogens with one attached hydrogen (secondary N) is 3. The predicted molar refractivity (Wildman–Crippen MR) is 131 cm³/mol. The van der Waals surface area contributed by atoms with Crippen LogP contribution in [0.25, 0.3) is 0 Å². The molecule has 2 heterocycles. The number of carbonyl (C=O) groups excluding carboxylic acids is 2. The minimum atomic E-state index is -0.386. The molecule has 3 aromatic rings. The number of anilines is 4. The molecule has 2 amide bonds. The van der Waals surface area contributed by atoms with Gasteiger partial charge >= 0.3 is 0 Å². The van der Waals surface area contributed by atoms with Crippen LogP contribution in [0.4, 0.5) is 27.5 Å². The molecule has 0 aliphatic carbocycles. The Balaban J connectivity index is 1.42. The van der Waals surface area contributed by atoms with E-state index in [9.17, 15) is 14.0 Å². The molecule has 0 fully saturated rings. The van der Waals surface area contributed by atoms with Gasteiger partial charge in [0.15, 0.2) is 5.82 Å². The van der Waals surface area contributed by atoms with Crippen molar-refractivity contribution in [2.75, 3.05) is 27.9 Å². The summed E-state index contributed by atoms with van der Waals surface area (Å²) in [7, 11) is 1.87. The van der Waals surface area contributed by atoms with Gasteiger partial charge in [0.05, 0.1) is 5.69 Å². The highest BCUT2D eigenvalue weighted by atomic mass is 19.1. The number of likely N-dealkylation sites (N-methyl/N-ethyl adjacent to an activating group) is 1. The van der Waals surface area contributed by atoms with Gasteiger partial charge in [0.2, 0.25) is 11.9 Å². The molecule has 0 bridgehead atoms. The van der Waals surface area contributed by atoms with Gasteiger partial charge in [0, 0.05) is 24.8 Å². The molecule has 1 atom stereocenters. The maximum Gasteiger partial charge on any atom is 0.255 e. The number of hydrogen-bond donors (Lipinski definition) is 3. The van der Waals surface area contributed by atoms with E-state index >= 15 is 0 Å². The van der Waals surface area contributed by atoms with E-state index in [1.54, 1.807) is 12.1 Å². The molecule has 3 N–H and O–H groups in total. The topological polar surface area (TPSA) is 99.2 Å². The third-order valence-corrected chi connectivity index (χ3v) is 5.74. The summed E-state index contributed by atoms with van der Waals surface area (Å²) in [5.41, 5.74) is 3.31. The summed E-state index contributed by atoms with van der Waals surface area (Å²) in [4.78, 5) is 35.8. The maximum atomic E-state index is 13.0. The van der Waals surface area contributed by atoms with Gasteiger partial charge in [-0.25, -0.2) is 9.37 Å². The van der Waals surface area contributed by atoms with E-state index in [1.807, 2.05) is 44.9 Å². The van der Waals surface area contributed by atoms with Gasteiger partial charge in [0.25, 0.3) is 5.91 Å². The summed E-state index contributed by atoms with van der Waals surface area (Å²) in [5.74, 6) is 0.542. The molecule has 176 valence electrons. The van der Waals surface area contributed by atoms with Gasteiger partial charge in [-0.1, -0.05) is 26.0 Å². The first-order valence-corrected chi connectivity index (χ1v) is 11.0. The second-order valence-electron chi connectivity index (χ2n) is 8.63. The van der Waals surface area contributed by atoms with E-state index in [-0.39, 0.29) is 29.6 Å². The molecule has 34 heavy (non-hydrogen) atoms. The minimum Gasteiger partial charge on any atom is -0.350 e. The molecule has 2 aromatic carbocycles. The zero-order chi connectivity index (χ0) is 24.4. The van der Waals surface area contributed by atoms with Crippen LogP contribution in [0.15, 0.2) is 48.5 Å². The molecule has 0 saturated heterocycles. The summed E-state index contributed by atoms with van der Waals surface area (Å²) in [6, 6.07) is 12.5. The average molecular weight is 463 g/mol. The number of fused-ring (bicyclic) bond motifs is 1. The van der Waals surface area contributed by atoms with E-state index in [0.717, 1.165) is 5.56 Å². The summed E-state index contributed by atoms with van der Waals surface area (Å²) in [5, 5.41) is 8.97. The number of nitrogens with zero attached hydrogens (tertiary/aromatic N) is 3. The molecule has 1 aliphatic heterocycles. The fourth-order valence-electron chi connectivity index (χ4n) is 3.98. The summed E-state index contributed by atoms with van der Waals surface area (Å²) >= 11 is 0. The molecule has 1 unspecified atom stereocenters. The van der Waals surface area contributed by atoms with Crippen molar-refractivity contribution in [3.63, 3.8) is 0 Å². The zero-order valence-electron chi connectivity index (χ0n) is 19.5. The number of rotatable bonds is 6. The highest BCUT2D eigenvalue weighted by Gasteiger charge is 2.35. The van der Waals surface area contributed by atoms with E-state index in [2.05, 4.69) is 25.9 Å². The van der Waals surface area contributed by atoms with Crippen LogP contribution in [0.5, 0.6) is 0 Å². The summed E-state index contributed by atoms with van der Waals surface area (Å²) < 4.78 is 13.0. The predicted octanol–water partition coefficient (Wildman–Crippen LogP) is 4.20. The molecular weight excluding hydrogens is 435 g/mol. The smallest absolute Gasteiger partial charge is 0.255 e. The Kier molecular flexibility index (Phi) is 6.45. The van der Waals surface area contributed by atoms with E-state index in [1.165, 1.54) is 24.3 Å². The van der Waals surface area contributed by atoms with E-state index in [4.69, 9.17) is 0 Å². The quantitative estimate of drug-likeness (QED) is 0.508. The SMILES string of the molecule is Cc1nc(NCc2ccc(NC(=O)c3ccc(F)cc3)cc2)nc2c1NC(=O)C(C(C)C)N2C. The first-order chi connectivity index (χ1) is 16.2. The fraction of sp³-hybridized carbons (Fsp3) is 0.280. The monoisotopic (exact) mass is 462 g/mol. The Morgan fingerprint density at radius 2 is 1.79 bits per heavy atom. The van der Waals surface area contributed by atoms with Crippen LogP contribution in [0, 0.1) is 18.7 Å². The lowest BCUT2D eigenvalue weighted by molar-refractivity contribution is -0.118. The number of halogens is 1. The largest absolute Gasteiger partial charge is 0.350 e. The first kappa shape index (κ1) is 23.2. The van der Waals surface area contributed by atoms with Crippen LogP contribution in [-0.4, -0.2) is 34.9 Å². The lowest BCUT2D eigenvalue weighted by atomic mass is 9.99. The van der Waals surface area contributed by atoms with Gasteiger partial charge in [0.1, 0.15) is 17.5 Å². The third-order valence-electron chi connectivity index (χ3n) is 5.74. The fourth-order valence-corrected chi connectivity index (χ4v) is 3.98. The second kappa shape index (κ2) is 9.46. The van der Waals surface area contributed by atoms with Crippen LogP contribution < -0.4 is 20.9 Å². The maximum absolute atomic E-state index is 13.0.